The van der Waals surface area contributed by atoms with E-state index in [1.54, 1.807) is 6.20 Å². The molecule has 5 nitrogen and oxygen atoms in total. The molecule has 0 radical (unpaired) electrons. The predicted molar refractivity (Wildman–Crippen MR) is 109 cm³/mol. The quantitative estimate of drug-likeness (QED) is 0.427. The van der Waals surface area contributed by atoms with Gasteiger partial charge in [-0.25, -0.2) is 4.99 Å². The number of halogens is 1. The summed E-state index contributed by atoms with van der Waals surface area (Å²) in [5.41, 5.74) is 8.42. The molecule has 1 aromatic heterocycles. The van der Waals surface area contributed by atoms with Gasteiger partial charge in [0.1, 0.15) is 0 Å². The molecule has 3 N–H and O–H groups in total. The van der Waals surface area contributed by atoms with Gasteiger partial charge >= 0.3 is 0 Å². The molecule has 1 fully saturated rings. The van der Waals surface area contributed by atoms with Crippen LogP contribution in [-0.2, 0) is 13.1 Å². The summed E-state index contributed by atoms with van der Waals surface area (Å²) in [6, 6.07) is 10.9. The Bertz CT molecular complexity index is 633. The van der Waals surface area contributed by atoms with Gasteiger partial charge < -0.3 is 11.1 Å². The van der Waals surface area contributed by atoms with Crippen molar-refractivity contribution >= 4 is 29.9 Å². The molecular formula is C18H26IN5. The molecule has 2 aromatic rings. The van der Waals surface area contributed by atoms with Gasteiger partial charge in [0.2, 0.25) is 0 Å². The molecule has 0 bridgehead atoms. The highest BCUT2D eigenvalue weighted by molar-refractivity contribution is 14.0. The zero-order valence-electron chi connectivity index (χ0n) is 13.9. The second-order valence-electron chi connectivity index (χ2n) is 6.20. The van der Waals surface area contributed by atoms with Gasteiger partial charge in [0, 0.05) is 18.4 Å². The topological polar surface area (TPSA) is 68.2 Å². The average Bonchev–Trinajstić information content (AvgIpc) is 3.07. The molecule has 0 saturated heterocycles. The summed E-state index contributed by atoms with van der Waals surface area (Å²) in [6.07, 6.45) is 10.1. The van der Waals surface area contributed by atoms with Crippen LogP contribution in [0.5, 0.6) is 0 Å². The van der Waals surface area contributed by atoms with Crippen LogP contribution in [0, 0.1) is 0 Å². The second kappa shape index (κ2) is 9.66. The lowest BCUT2D eigenvalue weighted by atomic mass is 9.96. The molecule has 0 aliphatic heterocycles. The van der Waals surface area contributed by atoms with Crippen LogP contribution in [-0.4, -0.2) is 21.8 Å². The number of nitrogens with two attached hydrogens (primary N) is 1. The highest BCUT2D eigenvalue weighted by atomic mass is 127. The van der Waals surface area contributed by atoms with Crippen molar-refractivity contribution in [2.45, 2.75) is 51.2 Å². The van der Waals surface area contributed by atoms with Crippen LogP contribution in [0.4, 0.5) is 0 Å². The number of rotatable bonds is 5. The van der Waals surface area contributed by atoms with Crippen molar-refractivity contribution < 1.29 is 0 Å². The van der Waals surface area contributed by atoms with Gasteiger partial charge in [-0.2, -0.15) is 5.10 Å². The van der Waals surface area contributed by atoms with E-state index in [0.717, 1.165) is 6.54 Å². The zero-order chi connectivity index (χ0) is 15.9. The molecule has 0 amide bonds. The van der Waals surface area contributed by atoms with Crippen molar-refractivity contribution in [1.82, 2.24) is 15.1 Å². The molecule has 0 unspecified atom stereocenters. The number of guanidine groups is 1. The second-order valence-corrected chi connectivity index (χ2v) is 6.20. The fraction of sp³-hybridized carbons (Fsp3) is 0.444. The van der Waals surface area contributed by atoms with Gasteiger partial charge in [-0.3, -0.25) is 4.68 Å². The largest absolute Gasteiger partial charge is 0.370 e. The molecule has 0 atom stereocenters. The maximum atomic E-state index is 6.02. The van der Waals surface area contributed by atoms with E-state index in [9.17, 15) is 0 Å². The standard InChI is InChI=1S/C18H25N5.HI/c19-18(22-17-8-2-1-3-9-17)20-13-15-6-4-7-16(12-15)14-23-11-5-10-21-23;/h4-7,10-12,17H,1-3,8-9,13-14H2,(H3,19,20,22);1H. The van der Waals surface area contributed by atoms with Crippen molar-refractivity contribution in [1.29, 1.82) is 0 Å². The average molecular weight is 439 g/mol. The van der Waals surface area contributed by atoms with Gasteiger partial charge in [-0.15, -0.1) is 24.0 Å². The van der Waals surface area contributed by atoms with Crippen molar-refractivity contribution in [3.63, 3.8) is 0 Å². The van der Waals surface area contributed by atoms with Crippen LogP contribution in [0.15, 0.2) is 47.7 Å². The number of aromatic nitrogens is 2. The monoisotopic (exact) mass is 439 g/mol. The summed E-state index contributed by atoms with van der Waals surface area (Å²) in [5, 5.41) is 7.59. The van der Waals surface area contributed by atoms with Crippen LogP contribution >= 0.6 is 24.0 Å². The lowest BCUT2D eigenvalue weighted by Crippen LogP contribution is -2.41. The molecule has 1 heterocycles. The minimum Gasteiger partial charge on any atom is -0.370 e. The third-order valence-electron chi connectivity index (χ3n) is 4.28. The predicted octanol–water partition coefficient (Wildman–Crippen LogP) is 3.29. The summed E-state index contributed by atoms with van der Waals surface area (Å²) < 4.78 is 1.92. The maximum Gasteiger partial charge on any atom is 0.189 e. The van der Waals surface area contributed by atoms with Gasteiger partial charge in [0.25, 0.3) is 0 Å². The van der Waals surface area contributed by atoms with E-state index in [4.69, 9.17) is 5.73 Å². The minimum absolute atomic E-state index is 0. The van der Waals surface area contributed by atoms with Crippen molar-refractivity contribution in [3.05, 3.63) is 53.9 Å². The van der Waals surface area contributed by atoms with E-state index in [1.807, 2.05) is 16.9 Å². The molecule has 1 aromatic carbocycles. The van der Waals surface area contributed by atoms with E-state index in [-0.39, 0.29) is 24.0 Å². The molecule has 24 heavy (non-hydrogen) atoms. The first-order valence-electron chi connectivity index (χ1n) is 8.41. The Balaban J connectivity index is 0.00000208. The third-order valence-corrected chi connectivity index (χ3v) is 4.28. The first-order valence-corrected chi connectivity index (χ1v) is 8.41. The number of hydrogen-bond acceptors (Lipinski definition) is 2. The van der Waals surface area contributed by atoms with E-state index in [2.05, 4.69) is 39.7 Å². The summed E-state index contributed by atoms with van der Waals surface area (Å²) >= 11 is 0. The van der Waals surface area contributed by atoms with Crippen LogP contribution in [0.25, 0.3) is 0 Å². The number of nitrogens with one attached hydrogen (secondary N) is 1. The lowest BCUT2D eigenvalue weighted by molar-refractivity contribution is 0.412. The highest BCUT2D eigenvalue weighted by Crippen LogP contribution is 2.17. The SMILES string of the molecule is I.NC(=NCc1cccc(Cn2cccn2)c1)NC1CCCCC1. The van der Waals surface area contributed by atoms with Crippen molar-refractivity contribution in [3.8, 4) is 0 Å². The van der Waals surface area contributed by atoms with Crippen LogP contribution in [0.2, 0.25) is 0 Å². The Kier molecular flexibility index (Phi) is 7.55. The Labute approximate surface area is 160 Å². The summed E-state index contributed by atoms with van der Waals surface area (Å²) in [4.78, 5) is 4.49. The Morgan fingerprint density at radius 3 is 2.75 bits per heavy atom. The van der Waals surface area contributed by atoms with E-state index in [1.165, 1.54) is 43.2 Å². The summed E-state index contributed by atoms with van der Waals surface area (Å²) in [6.45, 7) is 1.39. The third kappa shape index (κ3) is 5.81. The van der Waals surface area contributed by atoms with E-state index >= 15 is 0 Å². The Hall–Kier alpha value is -1.57. The molecular weight excluding hydrogens is 413 g/mol. The molecule has 130 valence electrons. The van der Waals surface area contributed by atoms with Gasteiger partial charge in [-0.05, 0) is 30.0 Å². The molecule has 6 heteroatoms. The fourth-order valence-electron chi connectivity index (χ4n) is 3.09. The minimum atomic E-state index is 0. The normalized spacial score (nSPS) is 15.8. The number of aliphatic imine (C=N–C) groups is 1. The molecule has 1 saturated carbocycles. The van der Waals surface area contributed by atoms with E-state index in [0.29, 0.717) is 18.5 Å². The first kappa shape index (κ1) is 18.8. The summed E-state index contributed by atoms with van der Waals surface area (Å²) in [5.74, 6) is 0.564. The molecule has 1 aliphatic carbocycles. The smallest absolute Gasteiger partial charge is 0.189 e. The Morgan fingerprint density at radius 1 is 1.21 bits per heavy atom. The van der Waals surface area contributed by atoms with Crippen molar-refractivity contribution in [2.24, 2.45) is 10.7 Å². The molecule has 0 spiro atoms. The molecule has 3 rings (SSSR count). The number of nitrogens with zero attached hydrogens (tertiary/aromatic N) is 3. The van der Waals surface area contributed by atoms with E-state index < -0.39 is 0 Å². The first-order chi connectivity index (χ1) is 11.3. The summed E-state index contributed by atoms with van der Waals surface area (Å²) in [7, 11) is 0. The van der Waals surface area contributed by atoms with Crippen LogP contribution in [0.3, 0.4) is 0 Å². The number of benzene rings is 1. The molecule has 1 aliphatic rings. The number of hydrogen-bond donors (Lipinski definition) is 2. The lowest BCUT2D eigenvalue weighted by Gasteiger charge is -2.23. The van der Waals surface area contributed by atoms with Gasteiger partial charge in [-0.1, -0.05) is 43.5 Å². The van der Waals surface area contributed by atoms with Crippen LogP contribution < -0.4 is 11.1 Å². The highest BCUT2D eigenvalue weighted by Gasteiger charge is 2.13. The van der Waals surface area contributed by atoms with Crippen molar-refractivity contribution in [2.75, 3.05) is 0 Å². The van der Waals surface area contributed by atoms with Gasteiger partial charge in [0.05, 0.1) is 13.1 Å². The van der Waals surface area contributed by atoms with Crippen LogP contribution in [0.1, 0.15) is 43.2 Å². The van der Waals surface area contributed by atoms with Gasteiger partial charge in [0.15, 0.2) is 5.96 Å². The Morgan fingerprint density at radius 2 is 2.00 bits per heavy atom. The zero-order valence-corrected chi connectivity index (χ0v) is 16.2. The fourth-order valence-corrected chi connectivity index (χ4v) is 3.09. The maximum absolute atomic E-state index is 6.02.